The molecule has 0 radical (unpaired) electrons. The van der Waals surface area contributed by atoms with E-state index >= 15 is 0 Å². The van der Waals surface area contributed by atoms with Crippen LogP contribution in [0.1, 0.15) is 29.6 Å². The second-order valence-corrected chi connectivity index (χ2v) is 6.02. The van der Waals surface area contributed by atoms with Crippen molar-refractivity contribution < 1.29 is 4.79 Å². The third-order valence-electron chi connectivity index (χ3n) is 3.66. The van der Waals surface area contributed by atoms with Gasteiger partial charge in [0.2, 0.25) is 0 Å². The normalized spacial score (nSPS) is 20.1. The molecular weight excluding hydrogens is 258 g/mol. The van der Waals surface area contributed by atoms with Crippen LogP contribution >= 0.6 is 11.8 Å². The van der Waals surface area contributed by atoms with Crippen LogP contribution in [0.4, 0.5) is 11.4 Å². The predicted molar refractivity (Wildman–Crippen MR) is 82.7 cm³/mol. The summed E-state index contributed by atoms with van der Waals surface area (Å²) in [4.78, 5) is 13.8. The molecule has 0 aromatic heterocycles. The molecule has 1 saturated heterocycles. The molecule has 1 amide bonds. The number of nitrogens with two attached hydrogens (primary N) is 2. The highest BCUT2D eigenvalue weighted by molar-refractivity contribution is 7.99. The summed E-state index contributed by atoms with van der Waals surface area (Å²) in [6.45, 7) is 1.87. The van der Waals surface area contributed by atoms with Crippen molar-refractivity contribution in [2.75, 3.05) is 30.0 Å². The number of carbonyl (C=O) groups excluding carboxylic acids is 1. The maximum absolute atomic E-state index is 11.6. The first kappa shape index (κ1) is 14.1. The zero-order valence-electron chi connectivity index (χ0n) is 11.3. The Morgan fingerprint density at radius 1 is 1.37 bits per heavy atom. The highest BCUT2D eigenvalue weighted by atomic mass is 32.2. The molecule has 1 aromatic carbocycles. The van der Waals surface area contributed by atoms with Gasteiger partial charge in [-0.2, -0.15) is 11.8 Å². The fourth-order valence-corrected chi connectivity index (χ4v) is 3.38. The van der Waals surface area contributed by atoms with Crippen molar-refractivity contribution in [2.24, 2.45) is 5.73 Å². The van der Waals surface area contributed by atoms with Crippen LogP contribution in [-0.4, -0.2) is 30.5 Å². The minimum absolute atomic E-state index is 0.409. The van der Waals surface area contributed by atoms with E-state index in [1.54, 1.807) is 12.1 Å². The van der Waals surface area contributed by atoms with Gasteiger partial charge in [-0.05, 0) is 37.7 Å². The van der Waals surface area contributed by atoms with Crippen molar-refractivity contribution in [1.29, 1.82) is 0 Å². The second-order valence-electron chi connectivity index (χ2n) is 4.88. The molecule has 2 rings (SSSR count). The summed E-state index contributed by atoms with van der Waals surface area (Å²) in [6, 6.07) is 5.37. The molecule has 1 aromatic rings. The van der Waals surface area contributed by atoms with E-state index in [0.717, 1.165) is 31.6 Å². The molecule has 104 valence electrons. The van der Waals surface area contributed by atoms with Gasteiger partial charge in [0, 0.05) is 18.3 Å². The molecule has 1 atom stereocenters. The molecule has 1 aliphatic rings. The van der Waals surface area contributed by atoms with E-state index in [4.69, 9.17) is 11.5 Å². The molecule has 0 aliphatic carbocycles. The minimum Gasteiger partial charge on any atom is -0.397 e. The summed E-state index contributed by atoms with van der Waals surface area (Å²) >= 11 is 1.92. The maximum atomic E-state index is 11.6. The largest absolute Gasteiger partial charge is 0.397 e. The molecule has 4 nitrogen and oxygen atoms in total. The summed E-state index contributed by atoms with van der Waals surface area (Å²) in [5.41, 5.74) is 13.5. The molecule has 1 heterocycles. The number of carbonyl (C=O) groups is 1. The van der Waals surface area contributed by atoms with Gasteiger partial charge in [0.15, 0.2) is 0 Å². The number of benzene rings is 1. The highest BCUT2D eigenvalue weighted by Gasteiger charge is 2.21. The lowest BCUT2D eigenvalue weighted by atomic mass is 10.1. The molecule has 1 fully saturated rings. The van der Waals surface area contributed by atoms with E-state index in [1.165, 1.54) is 6.42 Å². The molecular formula is C14H21N3OS. The second kappa shape index (κ2) is 6.19. The minimum atomic E-state index is -0.409. The van der Waals surface area contributed by atoms with E-state index in [1.807, 2.05) is 17.8 Å². The van der Waals surface area contributed by atoms with Crippen molar-refractivity contribution in [3.8, 4) is 0 Å². The number of rotatable bonds is 3. The van der Waals surface area contributed by atoms with E-state index < -0.39 is 5.91 Å². The number of anilines is 2. The van der Waals surface area contributed by atoms with Crippen LogP contribution in [0.15, 0.2) is 18.2 Å². The van der Waals surface area contributed by atoms with Gasteiger partial charge in [-0.15, -0.1) is 0 Å². The molecule has 4 N–H and O–H groups in total. The van der Waals surface area contributed by atoms with Gasteiger partial charge < -0.3 is 16.4 Å². The van der Waals surface area contributed by atoms with Crippen molar-refractivity contribution in [2.45, 2.75) is 24.5 Å². The van der Waals surface area contributed by atoms with Crippen LogP contribution in [0.2, 0.25) is 0 Å². The molecule has 0 saturated carbocycles. The van der Waals surface area contributed by atoms with Gasteiger partial charge in [-0.3, -0.25) is 4.79 Å². The first-order valence-electron chi connectivity index (χ1n) is 6.59. The van der Waals surface area contributed by atoms with Crippen molar-refractivity contribution in [1.82, 2.24) is 0 Å². The third-order valence-corrected chi connectivity index (χ3v) is 4.80. The maximum Gasteiger partial charge on any atom is 0.250 e. The van der Waals surface area contributed by atoms with Crippen LogP contribution in [0.3, 0.4) is 0 Å². The SMILES string of the molecule is CSC1CCCN(c2c(N)cccc2C(N)=O)CC1. The van der Waals surface area contributed by atoms with Crippen LogP contribution in [-0.2, 0) is 0 Å². The standard InChI is InChI=1S/C14H21N3OS/c1-19-10-4-3-8-17(9-7-10)13-11(14(16)18)5-2-6-12(13)15/h2,5-6,10H,3-4,7-9,15H2,1H3,(H2,16,18). The Balaban J connectivity index is 2.28. The average Bonchev–Trinajstić information content (AvgIpc) is 2.63. The number of thioether (sulfide) groups is 1. The van der Waals surface area contributed by atoms with Crippen LogP contribution in [0, 0.1) is 0 Å². The first-order chi connectivity index (χ1) is 9.13. The predicted octanol–water partition coefficient (Wildman–Crippen LogP) is 2.09. The lowest BCUT2D eigenvalue weighted by Crippen LogP contribution is -2.28. The zero-order chi connectivity index (χ0) is 13.8. The number of hydrogen-bond acceptors (Lipinski definition) is 4. The van der Waals surface area contributed by atoms with E-state index in [9.17, 15) is 4.79 Å². The topological polar surface area (TPSA) is 72.3 Å². The van der Waals surface area contributed by atoms with Crippen molar-refractivity contribution in [3.05, 3.63) is 23.8 Å². The van der Waals surface area contributed by atoms with E-state index in [2.05, 4.69) is 11.2 Å². The van der Waals surface area contributed by atoms with Gasteiger partial charge >= 0.3 is 0 Å². The summed E-state index contributed by atoms with van der Waals surface area (Å²) in [5, 5.41) is 0.701. The summed E-state index contributed by atoms with van der Waals surface area (Å²) in [7, 11) is 0. The Morgan fingerprint density at radius 2 is 2.16 bits per heavy atom. The van der Waals surface area contributed by atoms with Gasteiger partial charge in [0.1, 0.15) is 0 Å². The zero-order valence-corrected chi connectivity index (χ0v) is 12.1. The Bertz CT molecular complexity index is 464. The lowest BCUT2D eigenvalue weighted by molar-refractivity contribution is 0.100. The fourth-order valence-electron chi connectivity index (χ4n) is 2.64. The number of nitrogens with zero attached hydrogens (tertiary/aromatic N) is 1. The number of primary amides is 1. The van der Waals surface area contributed by atoms with Crippen LogP contribution in [0.25, 0.3) is 0 Å². The number of amides is 1. The molecule has 0 bridgehead atoms. The fraction of sp³-hybridized carbons (Fsp3) is 0.500. The Labute approximate surface area is 118 Å². The third kappa shape index (κ3) is 3.15. The van der Waals surface area contributed by atoms with Gasteiger partial charge in [-0.25, -0.2) is 0 Å². The van der Waals surface area contributed by atoms with Crippen molar-refractivity contribution in [3.63, 3.8) is 0 Å². The number of hydrogen-bond donors (Lipinski definition) is 2. The summed E-state index contributed by atoms with van der Waals surface area (Å²) in [5.74, 6) is -0.409. The summed E-state index contributed by atoms with van der Waals surface area (Å²) < 4.78 is 0. The molecule has 1 unspecified atom stereocenters. The molecule has 19 heavy (non-hydrogen) atoms. The van der Waals surface area contributed by atoms with Crippen molar-refractivity contribution >= 4 is 29.0 Å². The Kier molecular flexibility index (Phi) is 4.58. The van der Waals surface area contributed by atoms with Gasteiger partial charge in [0.05, 0.1) is 16.9 Å². The highest BCUT2D eigenvalue weighted by Crippen LogP contribution is 2.31. The Hall–Kier alpha value is -1.36. The number of para-hydroxylation sites is 1. The average molecular weight is 279 g/mol. The monoisotopic (exact) mass is 279 g/mol. The smallest absolute Gasteiger partial charge is 0.250 e. The van der Waals surface area contributed by atoms with E-state index in [-0.39, 0.29) is 0 Å². The molecule has 1 aliphatic heterocycles. The Morgan fingerprint density at radius 3 is 2.84 bits per heavy atom. The van der Waals surface area contributed by atoms with E-state index in [0.29, 0.717) is 16.5 Å². The lowest BCUT2D eigenvalue weighted by Gasteiger charge is -2.26. The number of nitrogen functional groups attached to an aromatic ring is 1. The first-order valence-corrected chi connectivity index (χ1v) is 7.88. The van der Waals surface area contributed by atoms with Crippen LogP contribution < -0.4 is 16.4 Å². The van der Waals surface area contributed by atoms with Gasteiger partial charge in [0.25, 0.3) is 5.91 Å². The van der Waals surface area contributed by atoms with Crippen LogP contribution in [0.5, 0.6) is 0 Å². The quantitative estimate of drug-likeness (QED) is 0.831. The molecule has 5 heteroatoms. The molecule has 0 spiro atoms. The summed E-state index contributed by atoms with van der Waals surface area (Å²) in [6.07, 6.45) is 5.62. The van der Waals surface area contributed by atoms with Gasteiger partial charge in [-0.1, -0.05) is 6.07 Å².